The molecule has 1 radical (unpaired) electrons. The standard InChI is InChI=1S/C6H14N3O/c1-6(10)9(4-2-7)5-3-8/h7H,2-5,8H2,1H3. The molecule has 4 nitrogen and oxygen atoms in total. The maximum absolute atomic E-state index is 10.7. The molecule has 0 saturated heterocycles. The van der Waals surface area contributed by atoms with Gasteiger partial charge in [-0.25, -0.2) is 0 Å². The smallest absolute Gasteiger partial charge is 0.219 e. The average Bonchev–Trinajstić information content (AvgIpc) is 1.87. The van der Waals surface area contributed by atoms with Crippen molar-refractivity contribution < 1.29 is 4.79 Å². The number of carbonyl (C=O) groups excluding carboxylic acids is 1. The van der Waals surface area contributed by atoms with Crippen molar-refractivity contribution in [3.8, 4) is 0 Å². The van der Waals surface area contributed by atoms with Crippen LogP contribution in [0.15, 0.2) is 0 Å². The van der Waals surface area contributed by atoms with E-state index < -0.39 is 0 Å². The average molecular weight is 144 g/mol. The van der Waals surface area contributed by atoms with E-state index in [4.69, 9.17) is 11.5 Å². The zero-order valence-corrected chi connectivity index (χ0v) is 6.26. The second-order valence-corrected chi connectivity index (χ2v) is 2.04. The van der Waals surface area contributed by atoms with Crippen molar-refractivity contribution in [2.45, 2.75) is 6.92 Å². The summed E-state index contributed by atoms with van der Waals surface area (Å²) in [6.07, 6.45) is 0. The van der Waals surface area contributed by atoms with E-state index in [-0.39, 0.29) is 12.5 Å². The Labute approximate surface area is 61.2 Å². The topological polar surface area (TPSA) is 70.1 Å². The van der Waals surface area contributed by atoms with Gasteiger partial charge in [0.25, 0.3) is 0 Å². The Morgan fingerprint density at radius 3 is 2.50 bits per heavy atom. The van der Waals surface area contributed by atoms with Gasteiger partial charge >= 0.3 is 0 Å². The van der Waals surface area contributed by atoms with Crippen molar-refractivity contribution >= 4 is 5.91 Å². The van der Waals surface area contributed by atoms with Gasteiger partial charge in [-0.2, -0.15) is 0 Å². The van der Waals surface area contributed by atoms with Crippen LogP contribution in [0.25, 0.3) is 0 Å². The molecular formula is C6H14N3O. The maximum atomic E-state index is 10.7. The summed E-state index contributed by atoms with van der Waals surface area (Å²) in [7, 11) is 0. The summed E-state index contributed by atoms with van der Waals surface area (Å²) in [5.41, 5.74) is 12.1. The van der Waals surface area contributed by atoms with Gasteiger partial charge in [0, 0.05) is 33.1 Å². The van der Waals surface area contributed by atoms with Gasteiger partial charge < -0.3 is 10.6 Å². The highest BCUT2D eigenvalue weighted by Gasteiger charge is 2.04. The lowest BCUT2D eigenvalue weighted by Crippen LogP contribution is -2.35. The van der Waals surface area contributed by atoms with E-state index in [9.17, 15) is 4.79 Å². The lowest BCUT2D eigenvalue weighted by Gasteiger charge is -2.18. The van der Waals surface area contributed by atoms with Crippen LogP contribution in [-0.2, 0) is 4.79 Å². The van der Waals surface area contributed by atoms with Gasteiger partial charge in [0.05, 0.1) is 0 Å². The molecule has 59 valence electrons. The predicted molar refractivity (Wildman–Crippen MR) is 39.3 cm³/mol. The molecule has 0 aromatic rings. The first-order valence-corrected chi connectivity index (χ1v) is 3.32. The van der Waals surface area contributed by atoms with E-state index in [0.717, 1.165) is 0 Å². The van der Waals surface area contributed by atoms with Gasteiger partial charge in [0.15, 0.2) is 0 Å². The molecule has 0 unspecified atom stereocenters. The van der Waals surface area contributed by atoms with E-state index in [2.05, 4.69) is 0 Å². The Morgan fingerprint density at radius 1 is 1.60 bits per heavy atom. The minimum atomic E-state index is -0.00213. The second-order valence-electron chi connectivity index (χ2n) is 2.04. The molecule has 0 rings (SSSR count). The van der Waals surface area contributed by atoms with Crippen LogP contribution in [0.3, 0.4) is 0 Å². The van der Waals surface area contributed by atoms with Crippen molar-refractivity contribution in [3.63, 3.8) is 0 Å². The largest absolute Gasteiger partial charge is 0.340 e. The van der Waals surface area contributed by atoms with Crippen molar-refractivity contribution in [2.24, 2.45) is 5.73 Å². The summed E-state index contributed by atoms with van der Waals surface area (Å²) in [6, 6.07) is 0. The molecule has 0 bridgehead atoms. The lowest BCUT2D eigenvalue weighted by molar-refractivity contribution is -0.128. The zero-order valence-electron chi connectivity index (χ0n) is 6.26. The minimum Gasteiger partial charge on any atom is -0.340 e. The van der Waals surface area contributed by atoms with E-state index >= 15 is 0 Å². The van der Waals surface area contributed by atoms with Crippen LogP contribution < -0.4 is 11.5 Å². The van der Waals surface area contributed by atoms with E-state index in [1.54, 1.807) is 4.90 Å². The van der Waals surface area contributed by atoms with Gasteiger partial charge in [0.1, 0.15) is 0 Å². The summed E-state index contributed by atoms with van der Waals surface area (Å²) in [5.74, 6) is -0.00213. The van der Waals surface area contributed by atoms with Crippen LogP contribution >= 0.6 is 0 Å². The molecule has 0 saturated carbocycles. The Bertz CT molecular complexity index is 99.2. The third-order valence-corrected chi connectivity index (χ3v) is 1.23. The highest BCUT2D eigenvalue weighted by Crippen LogP contribution is 1.85. The molecule has 0 atom stereocenters. The normalized spacial score (nSPS) is 9.50. The molecule has 0 aliphatic carbocycles. The monoisotopic (exact) mass is 144 g/mol. The van der Waals surface area contributed by atoms with Crippen molar-refractivity contribution in [3.05, 3.63) is 0 Å². The zero-order chi connectivity index (χ0) is 7.98. The highest BCUT2D eigenvalue weighted by atomic mass is 16.2. The first-order chi connectivity index (χ1) is 4.72. The number of hydrogen-bond donors (Lipinski definition) is 1. The van der Waals surface area contributed by atoms with Gasteiger partial charge in [-0.1, -0.05) is 0 Å². The van der Waals surface area contributed by atoms with Crippen LogP contribution in [0.5, 0.6) is 0 Å². The third kappa shape index (κ3) is 3.42. The highest BCUT2D eigenvalue weighted by molar-refractivity contribution is 5.73. The molecule has 4 heteroatoms. The number of carbonyl (C=O) groups is 1. The fraction of sp³-hybridized carbons (Fsp3) is 0.833. The first-order valence-electron chi connectivity index (χ1n) is 3.32. The van der Waals surface area contributed by atoms with Gasteiger partial charge in [-0.15, -0.1) is 0 Å². The Kier molecular flexibility index (Phi) is 4.88. The van der Waals surface area contributed by atoms with E-state index in [0.29, 0.717) is 19.6 Å². The number of nitrogens with one attached hydrogen (secondary N) is 1. The Morgan fingerprint density at radius 2 is 2.20 bits per heavy atom. The van der Waals surface area contributed by atoms with Gasteiger partial charge in [-0.3, -0.25) is 10.5 Å². The first kappa shape index (κ1) is 9.39. The molecule has 0 aromatic carbocycles. The molecule has 0 spiro atoms. The molecule has 1 amide bonds. The van der Waals surface area contributed by atoms with Crippen LogP contribution in [-0.4, -0.2) is 37.0 Å². The van der Waals surface area contributed by atoms with Crippen molar-refractivity contribution in [1.29, 1.82) is 0 Å². The SMILES string of the molecule is CC(=O)N(CC[NH])CCN. The Balaban J connectivity index is 3.61. The lowest BCUT2D eigenvalue weighted by atomic mass is 10.4. The predicted octanol–water partition coefficient (Wildman–Crippen LogP) is -0.923. The molecule has 0 fully saturated rings. The minimum absolute atomic E-state index is 0.00213. The molecular weight excluding hydrogens is 130 g/mol. The fourth-order valence-corrected chi connectivity index (χ4v) is 0.717. The van der Waals surface area contributed by atoms with Crippen molar-refractivity contribution in [2.75, 3.05) is 26.2 Å². The Hall–Kier alpha value is -0.610. The van der Waals surface area contributed by atoms with Crippen LogP contribution in [0, 0.1) is 0 Å². The number of hydrogen-bond acceptors (Lipinski definition) is 2. The molecule has 3 N–H and O–H groups in total. The van der Waals surface area contributed by atoms with Crippen LogP contribution in [0.1, 0.15) is 6.92 Å². The molecule has 0 aromatic heterocycles. The van der Waals surface area contributed by atoms with Crippen molar-refractivity contribution in [1.82, 2.24) is 10.6 Å². The summed E-state index contributed by atoms with van der Waals surface area (Å²) < 4.78 is 0. The molecule has 0 aliphatic heterocycles. The summed E-state index contributed by atoms with van der Waals surface area (Å²) in [6.45, 7) is 3.27. The van der Waals surface area contributed by atoms with Crippen LogP contribution in [0.4, 0.5) is 0 Å². The number of nitrogens with zero attached hydrogens (tertiary/aromatic N) is 1. The quantitative estimate of drug-likeness (QED) is 0.554. The third-order valence-electron chi connectivity index (χ3n) is 1.23. The van der Waals surface area contributed by atoms with Crippen LogP contribution in [0.2, 0.25) is 0 Å². The van der Waals surface area contributed by atoms with E-state index in [1.807, 2.05) is 0 Å². The number of nitrogens with two attached hydrogens (primary N) is 1. The maximum Gasteiger partial charge on any atom is 0.219 e. The molecule has 0 aliphatic rings. The second kappa shape index (κ2) is 5.20. The summed E-state index contributed by atoms with van der Waals surface area (Å²) in [5, 5.41) is 0. The van der Waals surface area contributed by atoms with Gasteiger partial charge in [0.2, 0.25) is 5.91 Å². The molecule has 10 heavy (non-hydrogen) atoms. The number of rotatable bonds is 4. The van der Waals surface area contributed by atoms with Gasteiger partial charge in [-0.05, 0) is 0 Å². The summed E-state index contributed by atoms with van der Waals surface area (Å²) >= 11 is 0. The number of amides is 1. The van der Waals surface area contributed by atoms with E-state index in [1.165, 1.54) is 6.92 Å². The fourth-order valence-electron chi connectivity index (χ4n) is 0.717. The molecule has 0 heterocycles. The summed E-state index contributed by atoms with van der Waals surface area (Å²) in [4.78, 5) is 12.3.